The Hall–Kier alpha value is -6.24. The van der Waals surface area contributed by atoms with Crippen LogP contribution in [0.2, 0.25) is 0 Å². The van der Waals surface area contributed by atoms with Crippen molar-refractivity contribution >= 4 is 54.3 Å². The highest BCUT2D eigenvalue weighted by Gasteiger charge is 2.18. The number of hydrogen-bond acceptors (Lipinski definition) is 2. The maximum absolute atomic E-state index is 9.78. The largest absolute Gasteiger partial charge is 0.309 e. The second-order valence-electron chi connectivity index (χ2n) is 11.5. The first kappa shape index (κ1) is 25.3. The number of nitrogens with zero attached hydrogens (tertiary/aromatic N) is 3. The van der Waals surface area contributed by atoms with E-state index in [1.54, 1.807) is 0 Å². The van der Waals surface area contributed by atoms with E-state index in [0.717, 1.165) is 66.2 Å². The Morgan fingerprint density at radius 1 is 0.489 bits per heavy atom. The molecule has 2 heterocycles. The fraction of sp³-hybridized carbons (Fsp3) is 0. The van der Waals surface area contributed by atoms with Crippen LogP contribution in [0.5, 0.6) is 0 Å². The topological polar surface area (TPSA) is 41.6 Å². The van der Waals surface area contributed by atoms with Gasteiger partial charge < -0.3 is 4.57 Å². The molecule has 0 N–H and O–H groups in total. The Balaban J connectivity index is 1.40. The number of benzene rings is 7. The molecule has 0 radical (unpaired) electrons. The summed E-state index contributed by atoms with van der Waals surface area (Å²) in [6, 6.07) is 55.5. The van der Waals surface area contributed by atoms with Gasteiger partial charge in [-0.1, -0.05) is 97.1 Å². The van der Waals surface area contributed by atoms with Crippen molar-refractivity contribution in [2.75, 3.05) is 0 Å². The van der Waals surface area contributed by atoms with E-state index in [1.807, 2.05) is 24.3 Å². The number of nitriles is 1. The first-order valence-corrected chi connectivity index (χ1v) is 15.1. The molecular formula is C42H25N3. The van der Waals surface area contributed by atoms with E-state index in [1.165, 1.54) is 16.2 Å². The number of hydrogen-bond donors (Lipinski definition) is 0. The van der Waals surface area contributed by atoms with Crippen LogP contribution in [0.4, 0.5) is 0 Å². The standard InChI is InChI=1S/C42H25N3/c43-26-27-19-21-39-35(23-27)36-24-29(20-22-40(36)45(39)30-13-5-2-6-14-30)34-25-37-41(32-16-8-7-15-31(32)34)33-17-9-10-18-38(33)44-42(37)28-11-3-1-4-12-28/h1-25H. The lowest BCUT2D eigenvalue weighted by molar-refractivity contribution is 1.18. The molecule has 0 saturated heterocycles. The predicted octanol–water partition coefficient (Wildman–Crippen LogP) is 10.8. The van der Waals surface area contributed by atoms with Gasteiger partial charge in [-0.15, -0.1) is 0 Å². The summed E-state index contributed by atoms with van der Waals surface area (Å²) < 4.78 is 2.29. The highest BCUT2D eigenvalue weighted by Crippen LogP contribution is 2.43. The first-order chi connectivity index (χ1) is 22.3. The summed E-state index contributed by atoms with van der Waals surface area (Å²) in [5.74, 6) is 0. The van der Waals surface area contributed by atoms with Gasteiger partial charge in [0.15, 0.2) is 0 Å². The molecule has 0 bridgehead atoms. The monoisotopic (exact) mass is 571 g/mol. The van der Waals surface area contributed by atoms with Gasteiger partial charge >= 0.3 is 0 Å². The zero-order chi connectivity index (χ0) is 29.9. The molecule has 208 valence electrons. The number of aromatic nitrogens is 2. The van der Waals surface area contributed by atoms with Gasteiger partial charge in [0.05, 0.1) is 33.9 Å². The van der Waals surface area contributed by atoms with Crippen LogP contribution in [0.15, 0.2) is 152 Å². The number of fused-ring (bicyclic) bond motifs is 8. The highest BCUT2D eigenvalue weighted by molar-refractivity contribution is 6.25. The minimum Gasteiger partial charge on any atom is -0.309 e. The Bertz CT molecular complexity index is 2640. The van der Waals surface area contributed by atoms with E-state index < -0.39 is 0 Å². The van der Waals surface area contributed by atoms with Crippen LogP contribution in [0, 0.1) is 11.3 Å². The van der Waals surface area contributed by atoms with Crippen molar-refractivity contribution in [2.45, 2.75) is 0 Å². The molecule has 0 amide bonds. The average molecular weight is 572 g/mol. The minimum absolute atomic E-state index is 0.654. The van der Waals surface area contributed by atoms with Crippen molar-refractivity contribution in [2.24, 2.45) is 0 Å². The summed E-state index contributed by atoms with van der Waals surface area (Å²) in [5, 5.41) is 17.9. The summed E-state index contributed by atoms with van der Waals surface area (Å²) in [4.78, 5) is 5.23. The zero-order valence-electron chi connectivity index (χ0n) is 24.3. The average Bonchev–Trinajstić information content (AvgIpc) is 3.44. The third-order valence-electron chi connectivity index (χ3n) is 8.97. The molecule has 0 saturated carbocycles. The maximum Gasteiger partial charge on any atom is 0.0991 e. The maximum atomic E-state index is 9.78. The van der Waals surface area contributed by atoms with Crippen LogP contribution < -0.4 is 0 Å². The summed E-state index contributed by atoms with van der Waals surface area (Å²) in [7, 11) is 0. The molecule has 9 aromatic rings. The lowest BCUT2D eigenvalue weighted by Crippen LogP contribution is -1.94. The molecule has 0 atom stereocenters. The van der Waals surface area contributed by atoms with Gasteiger partial charge in [-0.05, 0) is 76.5 Å². The number of para-hydroxylation sites is 2. The van der Waals surface area contributed by atoms with E-state index in [2.05, 4.69) is 138 Å². The van der Waals surface area contributed by atoms with Crippen molar-refractivity contribution in [3.05, 3.63) is 157 Å². The van der Waals surface area contributed by atoms with Crippen LogP contribution >= 0.6 is 0 Å². The fourth-order valence-electron chi connectivity index (χ4n) is 6.99. The molecule has 0 aliphatic carbocycles. The van der Waals surface area contributed by atoms with Gasteiger partial charge in [0, 0.05) is 38.2 Å². The van der Waals surface area contributed by atoms with Crippen molar-refractivity contribution < 1.29 is 0 Å². The lowest BCUT2D eigenvalue weighted by Gasteiger charge is -2.16. The van der Waals surface area contributed by atoms with Crippen LogP contribution in [0.25, 0.3) is 82.3 Å². The summed E-state index contributed by atoms with van der Waals surface area (Å²) in [6.07, 6.45) is 0. The molecule has 3 nitrogen and oxygen atoms in total. The van der Waals surface area contributed by atoms with E-state index in [0.29, 0.717) is 5.56 Å². The molecular weight excluding hydrogens is 546 g/mol. The third kappa shape index (κ3) is 3.87. The molecule has 2 aromatic heterocycles. The van der Waals surface area contributed by atoms with Crippen molar-refractivity contribution in [3.8, 4) is 34.1 Å². The minimum atomic E-state index is 0.654. The van der Waals surface area contributed by atoms with Gasteiger partial charge in [0.25, 0.3) is 0 Å². The molecule has 0 unspecified atom stereocenters. The van der Waals surface area contributed by atoms with Gasteiger partial charge in [0.2, 0.25) is 0 Å². The lowest BCUT2D eigenvalue weighted by atomic mass is 9.89. The van der Waals surface area contributed by atoms with E-state index in [4.69, 9.17) is 4.98 Å². The molecule has 9 rings (SSSR count). The Morgan fingerprint density at radius 2 is 1.13 bits per heavy atom. The Kier molecular flexibility index (Phi) is 5.57. The number of rotatable bonds is 3. The third-order valence-corrected chi connectivity index (χ3v) is 8.97. The molecule has 3 heteroatoms. The molecule has 0 aliphatic rings. The molecule has 0 aliphatic heterocycles. The van der Waals surface area contributed by atoms with E-state index >= 15 is 0 Å². The van der Waals surface area contributed by atoms with Gasteiger partial charge in [0.1, 0.15) is 0 Å². The Morgan fingerprint density at radius 3 is 1.91 bits per heavy atom. The predicted molar refractivity (Wildman–Crippen MR) is 187 cm³/mol. The van der Waals surface area contributed by atoms with Gasteiger partial charge in [-0.3, -0.25) is 0 Å². The molecule has 7 aromatic carbocycles. The fourth-order valence-corrected chi connectivity index (χ4v) is 6.99. The SMILES string of the molecule is N#Cc1ccc2c(c1)c1cc(-c3cc4c(-c5ccccc5)nc5ccccc5c4c4ccccc34)ccc1n2-c1ccccc1. The summed E-state index contributed by atoms with van der Waals surface area (Å²) in [6.45, 7) is 0. The van der Waals surface area contributed by atoms with E-state index in [-0.39, 0.29) is 0 Å². The van der Waals surface area contributed by atoms with Crippen molar-refractivity contribution in [3.63, 3.8) is 0 Å². The zero-order valence-corrected chi connectivity index (χ0v) is 24.3. The summed E-state index contributed by atoms with van der Waals surface area (Å²) >= 11 is 0. The van der Waals surface area contributed by atoms with Gasteiger partial charge in [-0.25, -0.2) is 4.98 Å². The van der Waals surface area contributed by atoms with E-state index in [9.17, 15) is 5.26 Å². The van der Waals surface area contributed by atoms with Crippen molar-refractivity contribution in [1.82, 2.24) is 9.55 Å². The second-order valence-corrected chi connectivity index (χ2v) is 11.5. The second kappa shape index (κ2) is 9.91. The number of pyridine rings is 1. The van der Waals surface area contributed by atoms with Crippen LogP contribution in [-0.2, 0) is 0 Å². The smallest absolute Gasteiger partial charge is 0.0991 e. The molecule has 0 spiro atoms. The van der Waals surface area contributed by atoms with Crippen LogP contribution in [-0.4, -0.2) is 9.55 Å². The van der Waals surface area contributed by atoms with Crippen LogP contribution in [0.3, 0.4) is 0 Å². The quantitative estimate of drug-likeness (QED) is 0.198. The van der Waals surface area contributed by atoms with Crippen molar-refractivity contribution in [1.29, 1.82) is 5.26 Å². The Labute approximate surface area is 259 Å². The molecule has 45 heavy (non-hydrogen) atoms. The first-order valence-electron chi connectivity index (χ1n) is 15.1. The van der Waals surface area contributed by atoms with Gasteiger partial charge in [-0.2, -0.15) is 5.26 Å². The molecule has 0 fully saturated rings. The van der Waals surface area contributed by atoms with Crippen LogP contribution in [0.1, 0.15) is 5.56 Å². The summed E-state index contributed by atoms with van der Waals surface area (Å²) in [5.41, 5.74) is 9.30. The highest BCUT2D eigenvalue weighted by atomic mass is 15.0. The normalized spacial score (nSPS) is 11.5.